The third-order valence-corrected chi connectivity index (χ3v) is 3.94. The molecule has 2 aromatic rings. The molecule has 0 aromatic carbocycles. The van der Waals surface area contributed by atoms with Crippen LogP contribution in [-0.4, -0.2) is 33.3 Å². The predicted octanol–water partition coefficient (Wildman–Crippen LogP) is 2.03. The van der Waals surface area contributed by atoms with E-state index in [1.807, 2.05) is 30.3 Å². The Balaban J connectivity index is 1.94. The molecule has 6 heteroatoms. The van der Waals surface area contributed by atoms with Crippen molar-refractivity contribution in [2.45, 2.75) is 18.5 Å². The zero-order valence-corrected chi connectivity index (χ0v) is 12.3. The van der Waals surface area contributed by atoms with Gasteiger partial charge in [0, 0.05) is 19.3 Å². The van der Waals surface area contributed by atoms with E-state index < -0.39 is 0 Å². The summed E-state index contributed by atoms with van der Waals surface area (Å²) in [6.07, 6.45) is 4.10. The molecule has 110 valence electrons. The molecule has 3 rings (SSSR count). The van der Waals surface area contributed by atoms with E-state index in [0.717, 1.165) is 11.5 Å². The molecule has 0 bridgehead atoms. The number of pyridine rings is 1. The molecule has 0 spiro atoms. The molecule has 0 amide bonds. The van der Waals surface area contributed by atoms with Crippen molar-refractivity contribution in [1.29, 1.82) is 0 Å². The van der Waals surface area contributed by atoms with E-state index in [4.69, 9.17) is 21.7 Å². The largest absolute Gasteiger partial charge is 0.467 e. The molecule has 1 aliphatic rings. The average Bonchev–Trinajstić information content (AvgIpc) is 3.13. The molecule has 3 heterocycles. The van der Waals surface area contributed by atoms with Crippen LogP contribution in [0, 0.1) is 0 Å². The van der Waals surface area contributed by atoms with E-state index >= 15 is 0 Å². The first-order chi connectivity index (χ1) is 10.3. The van der Waals surface area contributed by atoms with Crippen molar-refractivity contribution >= 4 is 17.3 Å². The number of rotatable bonds is 5. The Labute approximate surface area is 128 Å². The van der Waals surface area contributed by atoms with Gasteiger partial charge in [-0.3, -0.25) is 4.98 Å². The monoisotopic (exact) mass is 303 g/mol. The van der Waals surface area contributed by atoms with Crippen LogP contribution >= 0.6 is 12.2 Å². The van der Waals surface area contributed by atoms with Crippen molar-refractivity contribution in [3.8, 4) is 0 Å². The molecule has 21 heavy (non-hydrogen) atoms. The lowest BCUT2D eigenvalue weighted by Gasteiger charge is -2.25. The van der Waals surface area contributed by atoms with Crippen LogP contribution in [0.25, 0.3) is 0 Å². The van der Waals surface area contributed by atoms with E-state index in [2.05, 4.69) is 15.2 Å². The fraction of sp³-hybridized carbons (Fsp3) is 0.333. The Morgan fingerprint density at radius 2 is 2.24 bits per heavy atom. The maximum atomic E-state index is 9.09. The topological polar surface area (TPSA) is 61.5 Å². The number of furan rings is 1. The third kappa shape index (κ3) is 2.77. The first-order valence-electron chi connectivity index (χ1n) is 6.93. The van der Waals surface area contributed by atoms with Gasteiger partial charge >= 0.3 is 0 Å². The number of hydrogen-bond donors (Lipinski definition) is 2. The molecule has 0 aliphatic carbocycles. The van der Waals surface area contributed by atoms with Crippen molar-refractivity contribution in [2.75, 3.05) is 13.2 Å². The number of nitrogens with one attached hydrogen (secondary N) is 1. The first kappa shape index (κ1) is 14.0. The lowest BCUT2D eigenvalue weighted by atomic mass is 10.0. The maximum absolute atomic E-state index is 9.09. The summed E-state index contributed by atoms with van der Waals surface area (Å²) < 4.78 is 5.60. The number of aliphatic hydroxyl groups excluding tert-OH is 1. The van der Waals surface area contributed by atoms with E-state index in [1.165, 1.54) is 0 Å². The molecule has 1 fully saturated rings. The Bertz CT molecular complexity index is 588. The van der Waals surface area contributed by atoms with Gasteiger partial charge in [0.15, 0.2) is 5.11 Å². The molecule has 2 N–H and O–H groups in total. The van der Waals surface area contributed by atoms with Gasteiger partial charge in [0.1, 0.15) is 11.8 Å². The van der Waals surface area contributed by atoms with Crippen LogP contribution in [0.4, 0.5) is 0 Å². The van der Waals surface area contributed by atoms with Crippen molar-refractivity contribution in [3.05, 3.63) is 54.2 Å². The summed E-state index contributed by atoms with van der Waals surface area (Å²) in [5.41, 5.74) is 0.924. The molecule has 0 unspecified atom stereocenters. The highest BCUT2D eigenvalue weighted by molar-refractivity contribution is 7.80. The van der Waals surface area contributed by atoms with Gasteiger partial charge in [0.05, 0.1) is 18.0 Å². The van der Waals surface area contributed by atoms with Crippen LogP contribution < -0.4 is 5.32 Å². The van der Waals surface area contributed by atoms with Crippen molar-refractivity contribution in [2.24, 2.45) is 0 Å². The van der Waals surface area contributed by atoms with Gasteiger partial charge in [0.25, 0.3) is 0 Å². The Kier molecular flexibility index (Phi) is 4.17. The van der Waals surface area contributed by atoms with Gasteiger partial charge in [0.2, 0.25) is 0 Å². The Hall–Kier alpha value is -1.92. The standard InChI is InChI=1S/C15H17N3O2S/c19-9-4-8-18-14(12-6-3-10-20-12)13(17-15(18)21)11-5-1-2-7-16-11/h1-3,5-7,10,13-14,19H,4,8-9H2,(H,17,21)/t13-,14-/m1/s1. The molecule has 0 saturated carbocycles. The van der Waals surface area contributed by atoms with Crippen LogP contribution in [0.2, 0.25) is 0 Å². The van der Waals surface area contributed by atoms with Crippen molar-refractivity contribution in [1.82, 2.24) is 15.2 Å². The van der Waals surface area contributed by atoms with E-state index in [0.29, 0.717) is 18.1 Å². The van der Waals surface area contributed by atoms with E-state index in [9.17, 15) is 0 Å². The molecular weight excluding hydrogens is 286 g/mol. The van der Waals surface area contributed by atoms with Crippen LogP contribution in [-0.2, 0) is 0 Å². The van der Waals surface area contributed by atoms with Gasteiger partial charge in [-0.2, -0.15) is 0 Å². The maximum Gasteiger partial charge on any atom is 0.170 e. The number of aromatic nitrogens is 1. The van der Waals surface area contributed by atoms with Gasteiger partial charge in [-0.15, -0.1) is 0 Å². The summed E-state index contributed by atoms with van der Waals surface area (Å²) in [7, 11) is 0. The number of thiocarbonyl (C=S) groups is 1. The van der Waals surface area contributed by atoms with E-state index in [1.54, 1.807) is 12.5 Å². The van der Waals surface area contributed by atoms with Crippen LogP contribution in [0.3, 0.4) is 0 Å². The Morgan fingerprint density at radius 1 is 1.33 bits per heavy atom. The zero-order valence-electron chi connectivity index (χ0n) is 11.5. The fourth-order valence-electron chi connectivity index (χ4n) is 2.66. The summed E-state index contributed by atoms with van der Waals surface area (Å²) in [6.45, 7) is 0.815. The summed E-state index contributed by atoms with van der Waals surface area (Å²) >= 11 is 5.45. The molecule has 5 nitrogen and oxygen atoms in total. The molecule has 1 aliphatic heterocycles. The third-order valence-electron chi connectivity index (χ3n) is 3.59. The second-order valence-electron chi connectivity index (χ2n) is 4.91. The van der Waals surface area contributed by atoms with Gasteiger partial charge in [-0.25, -0.2) is 0 Å². The van der Waals surface area contributed by atoms with Crippen LogP contribution in [0.1, 0.15) is 30.0 Å². The highest BCUT2D eigenvalue weighted by Gasteiger charge is 2.40. The predicted molar refractivity (Wildman–Crippen MR) is 82.6 cm³/mol. The second kappa shape index (κ2) is 6.24. The quantitative estimate of drug-likeness (QED) is 0.824. The number of hydrogen-bond acceptors (Lipinski definition) is 4. The number of nitrogens with zero attached hydrogens (tertiary/aromatic N) is 2. The smallest absolute Gasteiger partial charge is 0.170 e. The Morgan fingerprint density at radius 3 is 2.90 bits per heavy atom. The minimum absolute atomic E-state index is 0.0473. The lowest BCUT2D eigenvalue weighted by molar-refractivity contribution is 0.232. The average molecular weight is 303 g/mol. The highest BCUT2D eigenvalue weighted by Crippen LogP contribution is 2.38. The van der Waals surface area contributed by atoms with Crippen molar-refractivity contribution in [3.63, 3.8) is 0 Å². The highest BCUT2D eigenvalue weighted by atomic mass is 32.1. The SMILES string of the molecule is OCCCN1C(=S)N[C@H](c2ccccn2)[C@H]1c1ccco1. The van der Waals surface area contributed by atoms with Gasteiger partial charge in [-0.05, 0) is 42.9 Å². The zero-order chi connectivity index (χ0) is 14.7. The second-order valence-corrected chi connectivity index (χ2v) is 5.30. The minimum atomic E-state index is -0.0523. The first-order valence-corrected chi connectivity index (χ1v) is 7.34. The van der Waals surface area contributed by atoms with Gasteiger partial charge in [-0.1, -0.05) is 6.07 Å². The summed E-state index contributed by atoms with van der Waals surface area (Å²) in [5, 5.41) is 13.1. The summed E-state index contributed by atoms with van der Waals surface area (Å²) in [6, 6.07) is 9.55. The molecule has 2 aromatic heterocycles. The van der Waals surface area contributed by atoms with Crippen LogP contribution in [0.15, 0.2) is 47.2 Å². The lowest BCUT2D eigenvalue weighted by Crippen LogP contribution is -2.30. The number of aliphatic hydroxyl groups is 1. The molecule has 1 saturated heterocycles. The normalized spacial score (nSPS) is 21.6. The molecule has 2 atom stereocenters. The fourth-order valence-corrected chi connectivity index (χ4v) is 2.99. The van der Waals surface area contributed by atoms with E-state index in [-0.39, 0.29) is 18.7 Å². The summed E-state index contributed by atoms with van der Waals surface area (Å²) in [4.78, 5) is 6.49. The summed E-state index contributed by atoms with van der Waals surface area (Å²) in [5.74, 6) is 0.843. The van der Waals surface area contributed by atoms with Gasteiger partial charge < -0.3 is 19.7 Å². The van der Waals surface area contributed by atoms with Crippen LogP contribution in [0.5, 0.6) is 0 Å². The van der Waals surface area contributed by atoms with Crippen molar-refractivity contribution < 1.29 is 9.52 Å². The molecule has 0 radical (unpaired) electrons. The minimum Gasteiger partial charge on any atom is -0.467 e. The molecular formula is C15H17N3O2S.